The van der Waals surface area contributed by atoms with Gasteiger partial charge in [-0.05, 0) is 129 Å². The Balaban J connectivity index is 0.668. The molecule has 15 nitrogen and oxygen atoms in total. The van der Waals surface area contributed by atoms with Crippen LogP contribution in [0.4, 0.5) is 17.2 Å². The van der Waals surface area contributed by atoms with Crippen LogP contribution < -0.4 is 26.6 Å². The maximum atomic E-state index is 13.5. The number of benzene rings is 2. The summed E-state index contributed by atoms with van der Waals surface area (Å²) < 4.78 is 0. The lowest BCUT2D eigenvalue weighted by molar-refractivity contribution is -0.137. The molecule has 65 heavy (non-hydrogen) atoms. The van der Waals surface area contributed by atoms with Crippen LogP contribution >= 0.6 is 11.8 Å². The van der Waals surface area contributed by atoms with E-state index in [0.717, 1.165) is 105 Å². The molecule has 0 bridgehead atoms. The zero-order chi connectivity index (χ0) is 44.9. The predicted molar refractivity (Wildman–Crippen MR) is 247 cm³/mol. The minimum Gasteiger partial charge on any atom is -0.355 e. The van der Waals surface area contributed by atoms with Gasteiger partial charge in [-0.2, -0.15) is 0 Å². The zero-order valence-electron chi connectivity index (χ0n) is 36.6. The Kier molecular flexibility index (Phi) is 11.5. The first-order valence-electron chi connectivity index (χ1n) is 22.8. The van der Waals surface area contributed by atoms with Crippen molar-refractivity contribution < 1.29 is 24.0 Å². The van der Waals surface area contributed by atoms with Gasteiger partial charge in [-0.3, -0.25) is 39.2 Å². The monoisotopic (exact) mass is 894 g/mol. The second-order valence-electron chi connectivity index (χ2n) is 19.0. The largest absolute Gasteiger partial charge is 0.355 e. The quantitative estimate of drug-likeness (QED) is 0.135. The van der Waals surface area contributed by atoms with Crippen molar-refractivity contribution in [3.8, 4) is 0 Å². The standard InChI is InChI=1S/C49H54N10O5S/c1-48(50)17-21-58(22-18-48)41-27-53-43(28-52-41)65-36-4-2-3-33(24-36)54-44(61)38-25-49(38)15-11-35(12-16-49)57-19-13-30(14-20-57)31-5-8-39(51-26-31)45(62)55-34-6-7-37-32(23-34)29-59(47(37)64)40-9-10-42(60)56-46(40)63/h2-8,13,23-24,26-28,35,38,40H,9-12,14-22,25,29,50H2,1H3,(H,54,61)(H,55,62)(H,56,60,63). The minimum absolute atomic E-state index is 0.0485. The predicted octanol–water partition coefficient (Wildman–Crippen LogP) is 6.03. The molecule has 2 aromatic carbocycles. The third-order valence-electron chi connectivity index (χ3n) is 14.5. The summed E-state index contributed by atoms with van der Waals surface area (Å²) in [6, 6.07) is 16.5. The number of nitrogens with two attached hydrogens (primary N) is 1. The number of imide groups is 1. The van der Waals surface area contributed by atoms with Crippen molar-refractivity contribution >= 4 is 64.1 Å². The number of amides is 5. The summed E-state index contributed by atoms with van der Waals surface area (Å²) in [6.45, 7) is 5.90. The summed E-state index contributed by atoms with van der Waals surface area (Å²) in [5.41, 5.74) is 11.3. The van der Waals surface area contributed by atoms with E-state index >= 15 is 0 Å². The lowest BCUT2D eigenvalue weighted by Gasteiger charge is -2.39. The Labute approximate surface area is 382 Å². The van der Waals surface area contributed by atoms with E-state index < -0.39 is 11.9 Å². The Hall–Kier alpha value is -5.97. The molecule has 10 rings (SSSR count). The molecule has 5 amide bonds. The van der Waals surface area contributed by atoms with Gasteiger partial charge in [0.1, 0.15) is 22.6 Å². The Morgan fingerprint density at radius 3 is 2.40 bits per heavy atom. The highest BCUT2D eigenvalue weighted by Gasteiger charge is 2.58. The second-order valence-corrected chi connectivity index (χ2v) is 20.0. The molecule has 2 aromatic heterocycles. The van der Waals surface area contributed by atoms with Gasteiger partial charge in [-0.1, -0.05) is 30.0 Å². The highest BCUT2D eigenvalue weighted by Crippen LogP contribution is 2.62. The molecule has 16 heteroatoms. The van der Waals surface area contributed by atoms with Gasteiger partial charge in [0.2, 0.25) is 17.7 Å². The average molecular weight is 895 g/mol. The summed E-state index contributed by atoms with van der Waals surface area (Å²) in [5, 5.41) is 9.24. The third-order valence-corrected chi connectivity index (χ3v) is 15.4. The van der Waals surface area contributed by atoms with Gasteiger partial charge in [0, 0.05) is 84.7 Å². The van der Waals surface area contributed by atoms with Gasteiger partial charge >= 0.3 is 0 Å². The lowest BCUT2D eigenvalue weighted by atomic mass is 9.80. The zero-order valence-corrected chi connectivity index (χ0v) is 37.4. The van der Waals surface area contributed by atoms with E-state index in [4.69, 9.17) is 5.73 Å². The molecule has 2 unspecified atom stereocenters. The van der Waals surface area contributed by atoms with E-state index in [-0.39, 0.29) is 65.6 Å². The first-order chi connectivity index (χ1) is 31.4. The fourth-order valence-electron chi connectivity index (χ4n) is 10.4. The van der Waals surface area contributed by atoms with Gasteiger partial charge in [0.25, 0.3) is 11.8 Å². The van der Waals surface area contributed by atoms with Gasteiger partial charge < -0.3 is 26.2 Å². The summed E-state index contributed by atoms with van der Waals surface area (Å²) >= 11 is 1.54. The number of carbonyl (C=O) groups is 5. The molecule has 2 saturated heterocycles. The maximum absolute atomic E-state index is 13.5. The molecular formula is C49H54N10O5S. The normalized spacial score (nSPS) is 25.2. The van der Waals surface area contributed by atoms with Gasteiger partial charge in [0.05, 0.1) is 12.4 Å². The first kappa shape index (κ1) is 43.0. The van der Waals surface area contributed by atoms with Gasteiger partial charge in [0.15, 0.2) is 0 Å². The van der Waals surface area contributed by atoms with Crippen molar-refractivity contribution in [2.75, 3.05) is 41.7 Å². The molecule has 5 N–H and O–H groups in total. The number of anilines is 3. The lowest BCUT2D eigenvalue weighted by Crippen LogP contribution is -2.52. The number of rotatable bonds is 10. The topological polar surface area (TPSA) is 196 Å². The van der Waals surface area contributed by atoms with Gasteiger partial charge in [-0.15, -0.1) is 0 Å². The van der Waals surface area contributed by atoms with E-state index in [0.29, 0.717) is 22.9 Å². The van der Waals surface area contributed by atoms with E-state index in [2.05, 4.69) is 53.7 Å². The Bertz CT molecular complexity index is 2560. The smallest absolute Gasteiger partial charge is 0.274 e. The highest BCUT2D eigenvalue weighted by molar-refractivity contribution is 7.99. The number of hydrogen-bond acceptors (Lipinski definition) is 12. The first-order valence-corrected chi connectivity index (χ1v) is 23.6. The fraction of sp³-hybridized carbons (Fsp3) is 0.429. The number of nitrogens with zero attached hydrogens (tertiary/aromatic N) is 6. The van der Waals surface area contributed by atoms with E-state index in [1.165, 1.54) is 22.2 Å². The van der Waals surface area contributed by atoms with Crippen LogP contribution in [0.2, 0.25) is 0 Å². The van der Waals surface area contributed by atoms with E-state index in [9.17, 15) is 24.0 Å². The molecule has 6 heterocycles. The number of pyridine rings is 1. The van der Waals surface area contributed by atoms with Crippen LogP contribution in [0.15, 0.2) is 89.2 Å². The number of fused-ring (bicyclic) bond motifs is 1. The summed E-state index contributed by atoms with van der Waals surface area (Å²) in [4.78, 5) is 85.0. The molecule has 336 valence electrons. The van der Waals surface area contributed by atoms with Crippen molar-refractivity contribution in [1.29, 1.82) is 0 Å². The molecule has 0 radical (unpaired) electrons. The van der Waals surface area contributed by atoms with Crippen molar-refractivity contribution in [3.63, 3.8) is 0 Å². The maximum Gasteiger partial charge on any atom is 0.274 e. The Morgan fingerprint density at radius 1 is 0.862 bits per heavy atom. The SMILES string of the molecule is CC1(N)CCN(c2cnc(Sc3cccc(NC(=O)C4CC45CCC(N4CC=C(c6ccc(C(=O)Nc7ccc8c(c7)CN(C7CCC(=O)NC7=O)C8=O)nc6)CC4)CC5)c3)cn2)CC1. The van der Waals surface area contributed by atoms with Crippen LogP contribution in [0.3, 0.4) is 0 Å². The highest BCUT2D eigenvalue weighted by atomic mass is 32.2. The van der Waals surface area contributed by atoms with Crippen molar-refractivity contribution in [1.82, 2.24) is 30.1 Å². The second kappa shape index (κ2) is 17.4. The van der Waals surface area contributed by atoms with Crippen molar-refractivity contribution in [3.05, 3.63) is 102 Å². The van der Waals surface area contributed by atoms with Crippen molar-refractivity contribution in [2.45, 2.75) is 105 Å². The van der Waals surface area contributed by atoms with E-state index in [1.807, 2.05) is 42.7 Å². The average Bonchev–Trinajstić information content (AvgIpc) is 3.91. The van der Waals surface area contributed by atoms with Crippen LogP contribution in [0.5, 0.6) is 0 Å². The number of aromatic nitrogens is 3. The van der Waals surface area contributed by atoms with Crippen LogP contribution in [0.1, 0.15) is 103 Å². The molecule has 4 fully saturated rings. The van der Waals surface area contributed by atoms with Gasteiger partial charge in [-0.25, -0.2) is 9.97 Å². The fourth-order valence-corrected chi connectivity index (χ4v) is 11.2. The molecule has 6 aliphatic rings. The molecule has 4 aromatic rings. The van der Waals surface area contributed by atoms with Crippen LogP contribution in [-0.4, -0.2) is 98.1 Å². The van der Waals surface area contributed by atoms with Crippen LogP contribution in [0, 0.1) is 11.3 Å². The molecule has 2 saturated carbocycles. The summed E-state index contributed by atoms with van der Waals surface area (Å²) in [5.74, 6) is -0.363. The number of hydrogen-bond donors (Lipinski definition) is 4. The molecule has 4 aliphatic heterocycles. The van der Waals surface area contributed by atoms with E-state index in [1.54, 1.807) is 30.5 Å². The molecule has 1 spiro atoms. The molecule has 2 atom stereocenters. The Morgan fingerprint density at radius 2 is 1.68 bits per heavy atom. The minimum atomic E-state index is -0.698. The third kappa shape index (κ3) is 9.16. The summed E-state index contributed by atoms with van der Waals surface area (Å²) in [7, 11) is 0. The number of nitrogens with one attached hydrogen (secondary N) is 3. The van der Waals surface area contributed by atoms with Crippen LogP contribution in [0.25, 0.3) is 5.57 Å². The number of carbonyl (C=O) groups excluding carboxylic acids is 5. The van der Waals surface area contributed by atoms with Crippen molar-refractivity contribution in [2.24, 2.45) is 17.1 Å². The van der Waals surface area contributed by atoms with Crippen LogP contribution in [-0.2, 0) is 20.9 Å². The molecule has 2 aliphatic carbocycles. The summed E-state index contributed by atoms with van der Waals surface area (Å²) in [6.07, 6.45) is 16.2. The molecular weight excluding hydrogens is 841 g/mol. The number of piperidine rings is 2.